The Bertz CT molecular complexity index is 546. The number of aliphatic hydroxyl groups excluding tert-OH is 2. The molecule has 4 saturated carbocycles. The van der Waals surface area contributed by atoms with E-state index >= 15 is 0 Å². The van der Waals surface area contributed by atoms with E-state index in [1.165, 1.54) is 38.5 Å². The van der Waals surface area contributed by atoms with E-state index in [0.717, 1.165) is 31.1 Å². The molecule has 156 valence electrons. The van der Waals surface area contributed by atoms with Crippen LogP contribution in [0.15, 0.2) is 0 Å². The molecule has 0 radical (unpaired) electrons. The Morgan fingerprint density at radius 1 is 0.889 bits per heavy atom. The monoisotopic (exact) mass is 376 g/mol. The molecule has 2 heteroatoms. The van der Waals surface area contributed by atoms with Crippen LogP contribution in [-0.2, 0) is 0 Å². The second-order valence-electron chi connectivity index (χ2n) is 11.5. The van der Waals surface area contributed by atoms with Crippen molar-refractivity contribution in [2.75, 3.05) is 0 Å². The zero-order chi connectivity index (χ0) is 19.6. The molecule has 4 rings (SSSR count). The zero-order valence-corrected chi connectivity index (χ0v) is 18.5. The molecule has 27 heavy (non-hydrogen) atoms. The van der Waals surface area contributed by atoms with Crippen molar-refractivity contribution in [2.45, 2.75) is 105 Å². The first-order valence-electron chi connectivity index (χ1n) is 12.1. The van der Waals surface area contributed by atoms with Crippen LogP contribution in [0.3, 0.4) is 0 Å². The van der Waals surface area contributed by atoms with Gasteiger partial charge in [0.15, 0.2) is 0 Å². The van der Waals surface area contributed by atoms with E-state index in [-0.39, 0.29) is 12.2 Å². The van der Waals surface area contributed by atoms with Crippen LogP contribution in [0.1, 0.15) is 92.4 Å². The van der Waals surface area contributed by atoms with Gasteiger partial charge in [0.05, 0.1) is 12.2 Å². The summed E-state index contributed by atoms with van der Waals surface area (Å²) in [5, 5.41) is 22.1. The average Bonchev–Trinajstić information content (AvgIpc) is 3.00. The highest BCUT2D eigenvalue weighted by molar-refractivity contribution is 5.13. The van der Waals surface area contributed by atoms with E-state index in [9.17, 15) is 10.2 Å². The third kappa shape index (κ3) is 2.79. The topological polar surface area (TPSA) is 40.5 Å². The van der Waals surface area contributed by atoms with Crippen molar-refractivity contribution in [3.63, 3.8) is 0 Å². The molecule has 0 spiro atoms. The molecule has 0 aromatic heterocycles. The first-order valence-corrected chi connectivity index (χ1v) is 12.1. The average molecular weight is 377 g/mol. The van der Waals surface area contributed by atoms with Gasteiger partial charge in [0.25, 0.3) is 0 Å². The standard InChI is InChI=1S/C25H44O2/c1-6-15(3)18-8-9-19-22-20(11-13-24(18,19)4)25(5)12-10-16(26)14-21(25)17(7-2)23(22)27/h15-23,26-27H,6-14H2,1-5H3/t15-,16-,17-,18-,19?,20?,21?,22?,23-,24-,25-/m1/s1. The molecule has 0 saturated heterocycles. The summed E-state index contributed by atoms with van der Waals surface area (Å²) in [6.07, 6.45) is 10.5. The van der Waals surface area contributed by atoms with Crippen LogP contribution in [0.4, 0.5) is 0 Å². The molecule has 4 unspecified atom stereocenters. The molecule has 11 atom stereocenters. The fourth-order valence-corrected chi connectivity index (χ4v) is 9.22. The van der Waals surface area contributed by atoms with Crippen LogP contribution in [-0.4, -0.2) is 22.4 Å². The lowest BCUT2D eigenvalue weighted by molar-refractivity contribution is -0.203. The molecule has 4 fully saturated rings. The minimum atomic E-state index is -0.149. The molecule has 0 bridgehead atoms. The molecular weight excluding hydrogens is 332 g/mol. The minimum absolute atomic E-state index is 0.143. The quantitative estimate of drug-likeness (QED) is 0.667. The highest BCUT2D eigenvalue weighted by Gasteiger charge is 2.64. The number of rotatable bonds is 3. The lowest BCUT2D eigenvalue weighted by Gasteiger charge is -2.64. The van der Waals surface area contributed by atoms with E-state index in [0.29, 0.717) is 40.4 Å². The molecule has 2 N–H and O–H groups in total. The third-order valence-electron chi connectivity index (χ3n) is 10.8. The Labute approximate surface area is 167 Å². The second kappa shape index (κ2) is 7.01. The summed E-state index contributed by atoms with van der Waals surface area (Å²) in [6, 6.07) is 0. The number of fused-ring (bicyclic) bond motifs is 5. The molecule has 0 aromatic rings. The molecule has 2 nitrogen and oxygen atoms in total. The van der Waals surface area contributed by atoms with Crippen molar-refractivity contribution in [1.29, 1.82) is 0 Å². The predicted octanol–water partition coefficient (Wildman–Crippen LogP) is 5.66. The van der Waals surface area contributed by atoms with E-state index in [2.05, 4.69) is 34.6 Å². The summed E-state index contributed by atoms with van der Waals surface area (Å²) < 4.78 is 0. The summed E-state index contributed by atoms with van der Waals surface area (Å²) >= 11 is 0. The number of hydrogen-bond acceptors (Lipinski definition) is 2. The molecular formula is C25H44O2. The molecule has 4 aliphatic rings. The fraction of sp³-hybridized carbons (Fsp3) is 1.00. The fourth-order valence-electron chi connectivity index (χ4n) is 9.22. The maximum Gasteiger partial charge on any atom is 0.0605 e. The highest BCUT2D eigenvalue weighted by Crippen LogP contribution is 2.69. The molecule has 0 aromatic carbocycles. The van der Waals surface area contributed by atoms with Gasteiger partial charge in [-0.25, -0.2) is 0 Å². The van der Waals surface area contributed by atoms with Crippen molar-refractivity contribution in [1.82, 2.24) is 0 Å². The van der Waals surface area contributed by atoms with Crippen molar-refractivity contribution >= 4 is 0 Å². The zero-order valence-electron chi connectivity index (χ0n) is 18.5. The van der Waals surface area contributed by atoms with Crippen LogP contribution in [0, 0.1) is 52.3 Å². The van der Waals surface area contributed by atoms with Crippen molar-refractivity contribution in [3.05, 3.63) is 0 Å². The van der Waals surface area contributed by atoms with Crippen molar-refractivity contribution < 1.29 is 10.2 Å². The van der Waals surface area contributed by atoms with Gasteiger partial charge < -0.3 is 10.2 Å². The highest BCUT2D eigenvalue weighted by atomic mass is 16.3. The summed E-state index contributed by atoms with van der Waals surface area (Å²) in [5.41, 5.74) is 0.771. The van der Waals surface area contributed by atoms with Crippen molar-refractivity contribution in [2.24, 2.45) is 52.3 Å². The van der Waals surface area contributed by atoms with Gasteiger partial charge in [-0.3, -0.25) is 0 Å². The number of hydrogen-bond donors (Lipinski definition) is 2. The van der Waals surface area contributed by atoms with Gasteiger partial charge >= 0.3 is 0 Å². The van der Waals surface area contributed by atoms with Gasteiger partial charge in [-0.05, 0) is 97.2 Å². The van der Waals surface area contributed by atoms with Gasteiger partial charge in [-0.2, -0.15) is 0 Å². The van der Waals surface area contributed by atoms with Crippen LogP contribution in [0.2, 0.25) is 0 Å². The van der Waals surface area contributed by atoms with E-state index < -0.39 is 0 Å². The Balaban J connectivity index is 1.69. The molecule has 0 amide bonds. The van der Waals surface area contributed by atoms with Gasteiger partial charge in [0, 0.05) is 0 Å². The van der Waals surface area contributed by atoms with E-state index in [4.69, 9.17) is 0 Å². The molecule has 0 heterocycles. The normalized spacial score (nSPS) is 56.1. The Hall–Kier alpha value is -0.0800. The SMILES string of the molecule is CC[C@@H](C)[C@H]1CCC2C3C(CC[C@@]21C)[C@@]1(C)CC[C@@H](O)CC1[C@@H](CC)[C@H]3O. The molecule has 4 aliphatic carbocycles. The summed E-state index contributed by atoms with van der Waals surface area (Å²) in [4.78, 5) is 0. The van der Waals surface area contributed by atoms with Gasteiger partial charge in [0.1, 0.15) is 0 Å². The Kier molecular flexibility index (Phi) is 5.25. The first kappa shape index (κ1) is 20.2. The summed E-state index contributed by atoms with van der Waals surface area (Å²) in [5.74, 6) is 4.44. The predicted molar refractivity (Wildman–Crippen MR) is 111 cm³/mol. The second-order valence-corrected chi connectivity index (χ2v) is 11.5. The first-order chi connectivity index (χ1) is 12.8. The van der Waals surface area contributed by atoms with Gasteiger partial charge in [0.2, 0.25) is 0 Å². The van der Waals surface area contributed by atoms with Gasteiger partial charge in [-0.1, -0.05) is 47.5 Å². The summed E-state index contributed by atoms with van der Waals surface area (Å²) in [7, 11) is 0. The van der Waals surface area contributed by atoms with E-state index in [1.807, 2.05) is 0 Å². The number of aliphatic hydroxyl groups is 2. The largest absolute Gasteiger partial charge is 0.393 e. The van der Waals surface area contributed by atoms with Crippen LogP contribution >= 0.6 is 0 Å². The Morgan fingerprint density at radius 3 is 2.22 bits per heavy atom. The third-order valence-corrected chi connectivity index (χ3v) is 10.8. The maximum absolute atomic E-state index is 11.7. The lowest BCUT2D eigenvalue weighted by atomic mass is 9.41. The lowest BCUT2D eigenvalue weighted by Crippen LogP contribution is -2.62. The Morgan fingerprint density at radius 2 is 1.56 bits per heavy atom. The smallest absolute Gasteiger partial charge is 0.0605 e. The minimum Gasteiger partial charge on any atom is -0.393 e. The van der Waals surface area contributed by atoms with Crippen LogP contribution in [0.25, 0.3) is 0 Å². The van der Waals surface area contributed by atoms with Crippen LogP contribution < -0.4 is 0 Å². The van der Waals surface area contributed by atoms with Gasteiger partial charge in [-0.15, -0.1) is 0 Å². The van der Waals surface area contributed by atoms with Crippen LogP contribution in [0.5, 0.6) is 0 Å². The maximum atomic E-state index is 11.7. The molecule has 0 aliphatic heterocycles. The summed E-state index contributed by atoms with van der Waals surface area (Å²) in [6.45, 7) is 12.2. The van der Waals surface area contributed by atoms with E-state index in [1.54, 1.807) is 0 Å². The van der Waals surface area contributed by atoms with Crippen molar-refractivity contribution in [3.8, 4) is 0 Å².